The molecule has 2 N–H and O–H groups in total. The first kappa shape index (κ1) is 41.3. The average Bonchev–Trinajstić information content (AvgIpc) is 3.85. The number of sulfonamides is 1. The third-order valence-electron chi connectivity index (χ3n) is 9.39. The molecule has 3 aromatic heterocycles. The molecule has 0 saturated heterocycles. The Balaban J connectivity index is 0.00000580. The number of aryl methyl sites for hydroxylation is 3. The summed E-state index contributed by atoms with van der Waals surface area (Å²) < 4.78 is 42.7. The summed E-state index contributed by atoms with van der Waals surface area (Å²) in [6, 6.07) is 13.4. The summed E-state index contributed by atoms with van der Waals surface area (Å²) in [6.45, 7) is 12.4. The summed E-state index contributed by atoms with van der Waals surface area (Å²) in [4.78, 5) is 30.8. The van der Waals surface area contributed by atoms with Crippen LogP contribution in [0.15, 0.2) is 76.0 Å². The highest BCUT2D eigenvalue weighted by molar-refractivity contribution is 7.90. The van der Waals surface area contributed by atoms with Gasteiger partial charge < -0.3 is 14.5 Å². The summed E-state index contributed by atoms with van der Waals surface area (Å²) in [7, 11) is -4.51. The van der Waals surface area contributed by atoms with Crippen molar-refractivity contribution < 1.29 is 27.2 Å². The first-order valence-electron chi connectivity index (χ1n) is 17.5. The number of fused-ring (bicyclic) bond motifs is 1. The molecule has 2 amide bonds. The zero-order chi connectivity index (χ0) is 38.9. The summed E-state index contributed by atoms with van der Waals surface area (Å²) in [5.74, 6) is -0.953. The lowest BCUT2D eigenvalue weighted by Crippen LogP contribution is -2.32. The van der Waals surface area contributed by atoms with Crippen molar-refractivity contribution in [2.45, 2.75) is 85.9 Å². The van der Waals surface area contributed by atoms with Crippen LogP contribution in [-0.4, -0.2) is 41.6 Å². The molecule has 1 aliphatic rings. The van der Waals surface area contributed by atoms with Crippen LogP contribution in [0.4, 0.5) is 0 Å². The van der Waals surface area contributed by atoms with E-state index in [9.17, 15) is 18.0 Å². The Labute approximate surface area is 332 Å². The quantitative estimate of drug-likeness (QED) is 0.112. The molecule has 11 nitrogen and oxygen atoms in total. The zero-order valence-electron chi connectivity index (χ0n) is 30.8. The Bertz CT molecular complexity index is 2380. The van der Waals surface area contributed by atoms with Crippen LogP contribution in [-0.2, 0) is 27.8 Å². The number of nitrogens with zero attached hydrogens (tertiary/aromatic N) is 3. The maximum atomic E-state index is 14.1. The number of aromatic nitrogens is 3. The minimum absolute atomic E-state index is 0. The molecular formula is C41H45Cl2N5O6S. The third kappa shape index (κ3) is 8.66. The van der Waals surface area contributed by atoms with Crippen molar-refractivity contribution in [2.24, 2.45) is 0 Å². The molecule has 3 heterocycles. The summed E-state index contributed by atoms with van der Waals surface area (Å²) >= 11 is 13.3. The SMILES string of the molecule is C.Cc1cc(OCCCC2=C(C(=O)NS(=O)(=O)c3ccc(C(=O)NCc4ccncc4)o3)Cc3c2ccc(Cl)c3-c2c(C)nn(C(C)C)c2C)cc(C)c1Cl. The van der Waals surface area contributed by atoms with Gasteiger partial charge >= 0.3 is 0 Å². The van der Waals surface area contributed by atoms with E-state index >= 15 is 0 Å². The number of carbonyl (C=O) groups is 2. The molecule has 0 aliphatic heterocycles. The Morgan fingerprint density at radius 1 is 0.964 bits per heavy atom. The van der Waals surface area contributed by atoms with Crippen LogP contribution < -0.4 is 14.8 Å². The van der Waals surface area contributed by atoms with E-state index in [1.165, 1.54) is 6.07 Å². The highest BCUT2D eigenvalue weighted by atomic mass is 35.5. The molecule has 0 fully saturated rings. The number of hydrogen-bond acceptors (Lipinski definition) is 8. The Morgan fingerprint density at radius 3 is 2.31 bits per heavy atom. The van der Waals surface area contributed by atoms with E-state index in [0.29, 0.717) is 40.8 Å². The second-order valence-electron chi connectivity index (χ2n) is 13.6. The fourth-order valence-electron chi connectivity index (χ4n) is 6.85. The zero-order valence-corrected chi connectivity index (χ0v) is 33.2. The van der Waals surface area contributed by atoms with Crippen LogP contribution in [0.3, 0.4) is 0 Å². The fraction of sp³-hybridized carbons (Fsp3) is 0.317. The van der Waals surface area contributed by atoms with Crippen LogP contribution in [0.1, 0.15) is 89.9 Å². The summed E-state index contributed by atoms with van der Waals surface area (Å²) in [6.07, 6.45) is 4.26. The minimum atomic E-state index is -4.51. The second kappa shape index (κ2) is 16.8. The number of carbonyl (C=O) groups excluding carboxylic acids is 2. The van der Waals surface area contributed by atoms with Gasteiger partial charge in [0.15, 0.2) is 5.76 Å². The highest BCUT2D eigenvalue weighted by Crippen LogP contribution is 2.46. The van der Waals surface area contributed by atoms with E-state index in [-0.39, 0.29) is 37.8 Å². The number of allylic oxidation sites excluding steroid dienone is 1. The highest BCUT2D eigenvalue weighted by Gasteiger charge is 2.34. The van der Waals surface area contributed by atoms with Gasteiger partial charge in [-0.25, -0.2) is 4.72 Å². The van der Waals surface area contributed by atoms with Crippen molar-refractivity contribution in [1.82, 2.24) is 24.8 Å². The van der Waals surface area contributed by atoms with Crippen molar-refractivity contribution in [2.75, 3.05) is 6.61 Å². The van der Waals surface area contributed by atoms with Crippen molar-refractivity contribution in [3.05, 3.63) is 122 Å². The minimum Gasteiger partial charge on any atom is -0.494 e. The molecule has 0 radical (unpaired) electrons. The molecule has 0 saturated carbocycles. The molecule has 1 aliphatic carbocycles. The lowest BCUT2D eigenvalue weighted by Gasteiger charge is -2.15. The first-order valence-corrected chi connectivity index (χ1v) is 19.7. The predicted octanol–water partition coefficient (Wildman–Crippen LogP) is 8.90. The van der Waals surface area contributed by atoms with Crippen molar-refractivity contribution in [1.29, 1.82) is 0 Å². The fourth-order valence-corrected chi connectivity index (χ4v) is 8.15. The van der Waals surface area contributed by atoms with E-state index in [0.717, 1.165) is 56.4 Å². The molecule has 6 rings (SSSR count). The van der Waals surface area contributed by atoms with E-state index in [4.69, 9.17) is 37.5 Å². The van der Waals surface area contributed by atoms with Gasteiger partial charge in [0, 0.05) is 63.8 Å². The second-order valence-corrected chi connectivity index (χ2v) is 16.0. The van der Waals surface area contributed by atoms with Crippen molar-refractivity contribution >= 4 is 50.6 Å². The largest absolute Gasteiger partial charge is 0.494 e. The Kier molecular flexibility index (Phi) is 12.6. The van der Waals surface area contributed by atoms with Gasteiger partial charge in [-0.1, -0.05) is 36.7 Å². The standard InChI is InChI=1S/C40H41Cl2N5O6S.CH4/c1-22(2)47-26(6)36(25(5)45-47)37-31-20-32(29(30(31)9-10-33(37)41)8-7-17-52-28-18-23(3)38(42)24(4)19-28)39(48)46-54(50,51)35-12-11-34(53-35)40(49)44-21-27-13-15-43-16-14-27;/h9-16,18-19,22H,7-8,17,20-21H2,1-6H3,(H,44,49)(H,46,48);1H4. The van der Waals surface area contributed by atoms with E-state index in [2.05, 4.69) is 28.9 Å². The molecular weight excluding hydrogens is 761 g/mol. The van der Waals surface area contributed by atoms with Gasteiger partial charge in [-0.05, 0) is 130 Å². The smallest absolute Gasteiger partial charge is 0.297 e. The lowest BCUT2D eigenvalue weighted by molar-refractivity contribution is -0.115. The lowest BCUT2D eigenvalue weighted by atomic mass is 9.93. The van der Waals surface area contributed by atoms with Crippen molar-refractivity contribution in [3.8, 4) is 16.9 Å². The molecule has 14 heteroatoms. The number of pyridine rings is 1. The van der Waals surface area contributed by atoms with Crippen LogP contribution in [0.2, 0.25) is 10.0 Å². The number of nitrogens with one attached hydrogen (secondary N) is 2. The third-order valence-corrected chi connectivity index (χ3v) is 11.5. The monoisotopic (exact) mass is 805 g/mol. The maximum Gasteiger partial charge on any atom is 0.297 e. The van der Waals surface area contributed by atoms with Gasteiger partial charge in [-0.3, -0.25) is 19.3 Å². The van der Waals surface area contributed by atoms with Gasteiger partial charge in [0.1, 0.15) is 5.75 Å². The van der Waals surface area contributed by atoms with Gasteiger partial charge in [-0.15, -0.1) is 0 Å². The van der Waals surface area contributed by atoms with Crippen LogP contribution in [0.5, 0.6) is 5.75 Å². The average molecular weight is 807 g/mol. The number of amides is 2. The maximum absolute atomic E-state index is 14.1. The molecule has 55 heavy (non-hydrogen) atoms. The molecule has 0 bridgehead atoms. The number of furan rings is 1. The Hall–Kier alpha value is -4.91. The van der Waals surface area contributed by atoms with Crippen LogP contribution >= 0.6 is 23.2 Å². The van der Waals surface area contributed by atoms with Crippen LogP contribution in [0, 0.1) is 27.7 Å². The molecule has 290 valence electrons. The van der Waals surface area contributed by atoms with E-state index in [1.807, 2.05) is 50.6 Å². The molecule has 5 aromatic rings. The molecule has 0 unspecified atom stereocenters. The normalized spacial score (nSPS) is 12.5. The number of benzene rings is 2. The van der Waals surface area contributed by atoms with Crippen LogP contribution in [0.25, 0.3) is 16.7 Å². The topological polar surface area (TPSA) is 145 Å². The number of ether oxygens (including phenoxy) is 1. The number of hydrogen-bond donors (Lipinski definition) is 2. The van der Waals surface area contributed by atoms with E-state index < -0.39 is 26.9 Å². The first-order chi connectivity index (χ1) is 25.7. The number of rotatable bonds is 13. The predicted molar refractivity (Wildman–Crippen MR) is 215 cm³/mol. The van der Waals surface area contributed by atoms with Gasteiger partial charge in [0.2, 0.25) is 5.09 Å². The molecule has 0 atom stereocenters. The summed E-state index contributed by atoms with van der Waals surface area (Å²) in [5, 5.41) is 8.08. The van der Waals surface area contributed by atoms with Gasteiger partial charge in [0.25, 0.3) is 21.8 Å². The van der Waals surface area contributed by atoms with Crippen molar-refractivity contribution in [3.63, 3.8) is 0 Å². The molecule has 0 spiro atoms. The molecule has 2 aromatic carbocycles. The van der Waals surface area contributed by atoms with E-state index in [1.54, 1.807) is 30.6 Å². The van der Waals surface area contributed by atoms with Gasteiger partial charge in [-0.2, -0.15) is 13.5 Å². The summed E-state index contributed by atoms with van der Waals surface area (Å²) in [5.41, 5.74) is 8.55. The van der Waals surface area contributed by atoms with Gasteiger partial charge in [0.05, 0.1) is 12.3 Å². The number of halogens is 2. The Morgan fingerprint density at radius 2 is 1.65 bits per heavy atom.